The maximum atomic E-state index is 14.6. The van der Waals surface area contributed by atoms with E-state index in [1.807, 2.05) is 24.4 Å². The van der Waals surface area contributed by atoms with Crippen molar-refractivity contribution in [3.8, 4) is 17.2 Å². The highest BCUT2D eigenvalue weighted by molar-refractivity contribution is 6.11. The van der Waals surface area contributed by atoms with Gasteiger partial charge in [-0.25, -0.2) is 4.79 Å². The lowest BCUT2D eigenvalue weighted by atomic mass is 9.57. The largest absolute Gasteiger partial charge is 0.492 e. The smallest absolute Gasteiger partial charge is 0.375 e. The number of H-pyrrole nitrogens is 1. The Morgan fingerprint density at radius 2 is 1.85 bits per heavy atom. The number of aromatic amines is 1. The van der Waals surface area contributed by atoms with Gasteiger partial charge < -0.3 is 64.2 Å². The Kier molecular flexibility index (Phi) is 15.8. The highest BCUT2D eigenvalue weighted by Crippen LogP contribution is 2.60. The lowest BCUT2D eigenvalue weighted by Gasteiger charge is -2.54. The maximum Gasteiger partial charge on any atom is 0.375 e. The van der Waals surface area contributed by atoms with E-state index in [4.69, 9.17) is 23.7 Å². The molecule has 1 saturated heterocycles. The quantitative estimate of drug-likeness (QED) is 0.0423. The van der Waals surface area contributed by atoms with Gasteiger partial charge in [-0.3, -0.25) is 9.59 Å². The Bertz CT molecular complexity index is 2580. The third-order valence-corrected chi connectivity index (χ3v) is 16.3. The highest BCUT2D eigenvalue weighted by Gasteiger charge is 2.59. The number of ether oxygens (including phenoxy) is 5. The molecule has 8 atom stereocenters. The van der Waals surface area contributed by atoms with Crippen LogP contribution in [-0.2, 0) is 43.3 Å². The van der Waals surface area contributed by atoms with Gasteiger partial charge in [0.1, 0.15) is 34.7 Å². The number of aldehydes is 1. The second-order valence-corrected chi connectivity index (χ2v) is 20.3. The van der Waals surface area contributed by atoms with Crippen molar-refractivity contribution in [2.75, 3.05) is 73.0 Å². The molecule has 384 valence electrons. The number of rotatable bonds is 17. The summed E-state index contributed by atoms with van der Waals surface area (Å²) in [4.78, 5) is 48.1. The monoisotopic (exact) mass is 982 g/mol. The zero-order valence-corrected chi connectivity index (χ0v) is 41.0. The van der Waals surface area contributed by atoms with E-state index in [0.717, 1.165) is 47.1 Å². The summed E-state index contributed by atoms with van der Waals surface area (Å²) in [5, 5.41) is 68.6. The number of aliphatic hydroxyl groups is 6. The van der Waals surface area contributed by atoms with Gasteiger partial charge in [0.15, 0.2) is 6.29 Å². The summed E-state index contributed by atoms with van der Waals surface area (Å²) in [6.45, 7) is 2.97. The SMILES string of the molecule is CCOC(=O)C1=C(C=O)/C2=C3\C[C@H](CO)C(=O)[C@H](C3)c3cc4cc[nH]c4cc3CC[C@@H](CO)COc3c4c(c(CO)c(c32)O1)O[C@H]([C@@]1(O)[C@H](CCCO)C(CCCO)=C[C@@H]2CN(CCCOC)CC[C@H]21)C4. The average molecular weight is 983 g/mol. The van der Waals surface area contributed by atoms with Crippen LogP contribution >= 0.6 is 0 Å². The number of allylic oxidation sites excluding steroid dienone is 3. The normalized spacial score (nSPS) is 28.5. The number of fused-ring (bicyclic) bond motifs is 8. The van der Waals surface area contributed by atoms with E-state index in [1.54, 1.807) is 14.0 Å². The van der Waals surface area contributed by atoms with Gasteiger partial charge in [-0.1, -0.05) is 17.2 Å². The van der Waals surface area contributed by atoms with Crippen molar-refractivity contribution >= 4 is 34.5 Å². The second-order valence-electron chi connectivity index (χ2n) is 20.3. The van der Waals surface area contributed by atoms with Crippen molar-refractivity contribution in [1.29, 1.82) is 0 Å². The number of aryl methyl sites for hydroxylation is 1. The van der Waals surface area contributed by atoms with Crippen LogP contribution in [0.2, 0.25) is 0 Å². The number of methoxy groups -OCH3 is 1. The van der Waals surface area contributed by atoms with Gasteiger partial charge >= 0.3 is 5.97 Å². The van der Waals surface area contributed by atoms with Crippen molar-refractivity contribution in [2.24, 2.45) is 29.6 Å². The fraction of sp³-hybridized carbons (Fsp3) is 0.582. The number of esters is 1. The summed E-state index contributed by atoms with van der Waals surface area (Å²) in [7, 11) is 1.69. The minimum Gasteiger partial charge on any atom is -0.492 e. The molecule has 0 unspecified atom stereocenters. The van der Waals surface area contributed by atoms with Gasteiger partial charge in [-0.05, 0) is 118 Å². The molecule has 2 fully saturated rings. The van der Waals surface area contributed by atoms with E-state index in [0.29, 0.717) is 75.5 Å². The van der Waals surface area contributed by atoms with Gasteiger partial charge in [-0.2, -0.15) is 0 Å². The number of nitrogens with zero attached hydrogens (tertiary/aromatic N) is 1. The molecule has 0 spiro atoms. The number of Topliss-reactive ketones (excluding diaryl/α,β-unsaturated/α-hetero) is 1. The summed E-state index contributed by atoms with van der Waals surface area (Å²) < 4.78 is 31.5. The minimum atomic E-state index is -1.53. The Labute approximate surface area is 414 Å². The zero-order chi connectivity index (χ0) is 50.0. The highest BCUT2D eigenvalue weighted by atomic mass is 16.6. The first-order chi connectivity index (χ1) is 34.6. The fourth-order valence-electron chi connectivity index (χ4n) is 12.9. The summed E-state index contributed by atoms with van der Waals surface area (Å²) in [5.74, 6) is -3.94. The molecule has 3 aromatic rings. The lowest BCUT2D eigenvalue weighted by Crippen LogP contribution is -2.63. The number of hydrogen-bond acceptors (Lipinski definition) is 15. The molecule has 2 aromatic carbocycles. The van der Waals surface area contributed by atoms with Crippen LogP contribution in [-0.4, -0.2) is 143 Å². The van der Waals surface area contributed by atoms with Gasteiger partial charge in [0, 0.05) is 105 Å². The zero-order valence-electron chi connectivity index (χ0n) is 41.0. The molecule has 5 heterocycles. The molecule has 16 heteroatoms. The van der Waals surface area contributed by atoms with E-state index in [-0.39, 0.29) is 109 Å². The first-order valence-electron chi connectivity index (χ1n) is 25.7. The lowest BCUT2D eigenvalue weighted by molar-refractivity contribution is -0.158. The van der Waals surface area contributed by atoms with Crippen LogP contribution in [0.15, 0.2) is 53.0 Å². The molecule has 2 bridgehead atoms. The van der Waals surface area contributed by atoms with Crippen LogP contribution in [0, 0.1) is 29.6 Å². The van der Waals surface area contributed by atoms with Gasteiger partial charge in [0.05, 0.1) is 43.1 Å². The molecule has 0 radical (unpaired) electrons. The number of carbonyl (C=O) groups excluding carboxylic acids is 3. The molecule has 2 aliphatic carbocycles. The van der Waals surface area contributed by atoms with Crippen molar-refractivity contribution in [2.45, 2.75) is 102 Å². The number of aliphatic hydroxyl groups excluding tert-OH is 5. The third kappa shape index (κ3) is 9.39. The molecule has 9 rings (SSSR count). The van der Waals surface area contributed by atoms with E-state index < -0.39 is 60.3 Å². The minimum absolute atomic E-state index is 0.00450. The number of benzene rings is 2. The van der Waals surface area contributed by atoms with E-state index in [9.17, 15) is 45.0 Å². The van der Waals surface area contributed by atoms with Crippen LogP contribution in [0.1, 0.15) is 98.4 Å². The second kappa shape index (κ2) is 22.1. The topological polar surface area (TPSA) is 238 Å². The Hall–Kier alpha value is -4.91. The maximum absolute atomic E-state index is 14.6. The summed E-state index contributed by atoms with van der Waals surface area (Å²) in [5.41, 5.74) is 3.68. The number of hydrogen-bond donors (Lipinski definition) is 7. The molecule has 7 N–H and O–H groups in total. The number of ketones is 1. The Morgan fingerprint density at radius 1 is 1.01 bits per heavy atom. The first kappa shape index (κ1) is 51.0. The summed E-state index contributed by atoms with van der Waals surface area (Å²) >= 11 is 0. The fourth-order valence-corrected chi connectivity index (χ4v) is 12.9. The van der Waals surface area contributed by atoms with Crippen molar-refractivity contribution in [3.63, 3.8) is 0 Å². The number of carbonyl (C=O) groups is 3. The standard InChI is InChI=1S/C55H70N2O14/c1-3-68-54(65)53-41(28-62)47-35-20-37(27-61)49(64)39(22-35)38-21-34-11-13-56-45(34)23-32(38)10-9-31(26-60)30-69-51-40-24-46(70-50(40)42(29-63)52(71-53)48(47)51)55(66)43(8-5-17-59)33(7-4-16-58)19-36-25-57(14-6-18-67-2)15-12-44(36)55/h11,13,19,21,23,28,31,36-37,39,43-44,46,56,58-61,63,66H,3-10,12,14-18,20,22,24-27,29-30H2,1-2H3/b47-35-/t31-,36+,37+,39+,43+,44+,46-,55+/m0/s1. The molecule has 1 saturated carbocycles. The predicted octanol–water partition coefficient (Wildman–Crippen LogP) is 4.62. The summed E-state index contributed by atoms with van der Waals surface area (Å²) in [6, 6.07) is 5.96. The van der Waals surface area contributed by atoms with Gasteiger partial charge in [-0.15, -0.1) is 0 Å². The molecular formula is C55H70N2O14. The molecule has 0 amide bonds. The predicted molar refractivity (Wildman–Crippen MR) is 262 cm³/mol. The van der Waals surface area contributed by atoms with E-state index >= 15 is 0 Å². The van der Waals surface area contributed by atoms with Crippen LogP contribution < -0.4 is 14.2 Å². The molecule has 16 nitrogen and oxygen atoms in total. The first-order valence-corrected chi connectivity index (χ1v) is 25.7. The molecule has 6 aliphatic rings. The Morgan fingerprint density at radius 3 is 2.58 bits per heavy atom. The number of nitrogens with one attached hydrogen (secondary N) is 1. The molecular weight excluding hydrogens is 913 g/mol. The van der Waals surface area contributed by atoms with Gasteiger partial charge in [0.2, 0.25) is 5.76 Å². The van der Waals surface area contributed by atoms with Crippen LogP contribution in [0.3, 0.4) is 0 Å². The van der Waals surface area contributed by atoms with Crippen LogP contribution in [0.4, 0.5) is 0 Å². The third-order valence-electron chi connectivity index (χ3n) is 16.3. The van der Waals surface area contributed by atoms with Crippen molar-refractivity contribution < 1.29 is 68.7 Å². The molecule has 4 aliphatic heterocycles. The Balaban J connectivity index is 1.25. The van der Waals surface area contributed by atoms with Gasteiger partial charge in [0.25, 0.3) is 0 Å². The molecule has 1 aromatic heterocycles. The van der Waals surface area contributed by atoms with Crippen molar-refractivity contribution in [1.82, 2.24) is 9.88 Å². The number of aromatic nitrogens is 1. The van der Waals surface area contributed by atoms with E-state index in [2.05, 4.69) is 16.0 Å². The molecule has 71 heavy (non-hydrogen) atoms. The summed E-state index contributed by atoms with van der Waals surface area (Å²) in [6.07, 6.45) is 8.33. The number of likely N-dealkylation sites (tertiary alicyclic amines) is 1. The average Bonchev–Trinajstić information content (AvgIpc) is 4.05. The van der Waals surface area contributed by atoms with Crippen LogP contribution in [0.25, 0.3) is 16.5 Å². The van der Waals surface area contributed by atoms with Crippen molar-refractivity contribution in [3.05, 3.63) is 80.8 Å². The van der Waals surface area contributed by atoms with Crippen LogP contribution in [0.5, 0.6) is 17.2 Å². The number of piperidine rings is 1. The van der Waals surface area contributed by atoms with E-state index in [1.165, 1.54) is 0 Å².